The van der Waals surface area contributed by atoms with E-state index in [-0.39, 0.29) is 24.6 Å². The number of hydrogen-bond acceptors (Lipinski definition) is 4. The first-order valence-electron chi connectivity index (χ1n) is 8.31. The summed E-state index contributed by atoms with van der Waals surface area (Å²) >= 11 is 6.07. The number of hydrogen-bond donors (Lipinski definition) is 1. The number of aromatic nitrogens is 1. The van der Waals surface area contributed by atoms with Gasteiger partial charge in [0, 0.05) is 23.9 Å². The molecule has 1 heterocycles. The van der Waals surface area contributed by atoms with Crippen LogP contribution < -0.4 is 10.1 Å². The largest absolute Gasteiger partial charge is 0.495 e. The van der Waals surface area contributed by atoms with Gasteiger partial charge in [0.2, 0.25) is 5.91 Å². The number of benzene rings is 2. The number of carbonyl (C=O) groups excluding carboxylic acids is 1. The van der Waals surface area contributed by atoms with Crippen LogP contribution in [-0.2, 0) is 11.2 Å². The van der Waals surface area contributed by atoms with Crippen molar-refractivity contribution < 1.29 is 18.3 Å². The molecular formula is C20H18ClFN2O3. The molecule has 3 aromatic rings. The van der Waals surface area contributed by atoms with Crippen LogP contribution in [0.25, 0.3) is 11.3 Å². The second kappa shape index (κ2) is 8.22. The Balaban J connectivity index is 1.64. The van der Waals surface area contributed by atoms with E-state index in [1.54, 1.807) is 30.3 Å². The van der Waals surface area contributed by atoms with Crippen LogP contribution in [0.5, 0.6) is 5.75 Å². The van der Waals surface area contributed by atoms with Crippen molar-refractivity contribution in [1.82, 2.24) is 4.98 Å². The average Bonchev–Trinajstić information content (AvgIpc) is 3.12. The van der Waals surface area contributed by atoms with E-state index >= 15 is 0 Å². The lowest BCUT2D eigenvalue weighted by Gasteiger charge is -2.12. The highest BCUT2D eigenvalue weighted by atomic mass is 35.5. The van der Waals surface area contributed by atoms with Gasteiger partial charge in [-0.2, -0.15) is 0 Å². The molecule has 0 fully saturated rings. The number of anilines is 1. The van der Waals surface area contributed by atoms with Crippen LogP contribution in [0.15, 0.2) is 47.0 Å². The van der Waals surface area contributed by atoms with E-state index in [2.05, 4.69) is 10.3 Å². The smallest absolute Gasteiger partial charge is 0.224 e. The number of amides is 1. The summed E-state index contributed by atoms with van der Waals surface area (Å²) in [6, 6.07) is 9.69. The van der Waals surface area contributed by atoms with E-state index in [1.165, 1.54) is 19.4 Å². The van der Waals surface area contributed by atoms with Crippen molar-refractivity contribution >= 4 is 23.2 Å². The van der Waals surface area contributed by atoms with Gasteiger partial charge in [0.25, 0.3) is 0 Å². The predicted molar refractivity (Wildman–Crippen MR) is 102 cm³/mol. The maximum Gasteiger partial charge on any atom is 0.224 e. The molecule has 0 unspecified atom stereocenters. The summed E-state index contributed by atoms with van der Waals surface area (Å²) in [6.07, 6.45) is 1.90. The maximum atomic E-state index is 13.8. The molecule has 0 aliphatic carbocycles. The third-order valence-electron chi connectivity index (χ3n) is 4.01. The monoisotopic (exact) mass is 388 g/mol. The minimum Gasteiger partial charge on any atom is -0.495 e. The third kappa shape index (κ3) is 4.46. The summed E-state index contributed by atoms with van der Waals surface area (Å²) < 4.78 is 24.6. The molecule has 7 heteroatoms. The number of carbonyl (C=O) groups is 1. The minimum atomic E-state index is -0.386. The predicted octanol–water partition coefficient (Wildman–Crippen LogP) is 5.02. The molecule has 2 aromatic carbocycles. The van der Waals surface area contributed by atoms with Crippen LogP contribution >= 0.6 is 11.6 Å². The van der Waals surface area contributed by atoms with Crippen molar-refractivity contribution in [1.29, 1.82) is 0 Å². The number of rotatable bonds is 6. The van der Waals surface area contributed by atoms with Crippen LogP contribution in [0.4, 0.5) is 10.1 Å². The van der Waals surface area contributed by atoms with Crippen molar-refractivity contribution in [2.75, 3.05) is 12.4 Å². The molecular weight excluding hydrogens is 371 g/mol. The molecule has 0 bridgehead atoms. The quantitative estimate of drug-likeness (QED) is 0.643. The first kappa shape index (κ1) is 18.9. The lowest BCUT2D eigenvalue weighted by Crippen LogP contribution is -2.13. The van der Waals surface area contributed by atoms with E-state index in [0.29, 0.717) is 33.7 Å². The van der Waals surface area contributed by atoms with E-state index in [0.717, 1.165) is 5.56 Å². The SMILES string of the molecule is COc1cc(Cl)c(C)cc1NC(=O)CCc1ncc(-c2ccccc2F)o1. The minimum absolute atomic E-state index is 0.155. The molecule has 0 aliphatic heterocycles. The Morgan fingerprint density at radius 2 is 2.11 bits per heavy atom. The molecule has 3 rings (SSSR count). The Kier molecular flexibility index (Phi) is 5.76. The molecule has 5 nitrogen and oxygen atoms in total. The average molecular weight is 389 g/mol. The third-order valence-corrected chi connectivity index (χ3v) is 4.42. The highest BCUT2D eigenvalue weighted by Crippen LogP contribution is 2.31. The molecule has 0 saturated heterocycles. The lowest BCUT2D eigenvalue weighted by atomic mass is 10.2. The molecule has 27 heavy (non-hydrogen) atoms. The van der Waals surface area contributed by atoms with Crippen molar-refractivity contribution in [3.05, 3.63) is 64.9 Å². The second-order valence-electron chi connectivity index (χ2n) is 5.95. The van der Waals surface area contributed by atoms with E-state index in [4.69, 9.17) is 20.8 Å². The summed E-state index contributed by atoms with van der Waals surface area (Å²) in [5.41, 5.74) is 1.71. The number of halogens is 2. The van der Waals surface area contributed by atoms with Gasteiger partial charge in [-0.05, 0) is 30.7 Å². The van der Waals surface area contributed by atoms with Crippen molar-refractivity contribution in [2.24, 2.45) is 0 Å². The highest BCUT2D eigenvalue weighted by molar-refractivity contribution is 6.31. The van der Waals surface area contributed by atoms with Gasteiger partial charge in [-0.15, -0.1) is 0 Å². The number of methoxy groups -OCH3 is 1. The van der Waals surface area contributed by atoms with E-state index < -0.39 is 0 Å². The summed E-state index contributed by atoms with van der Waals surface area (Å²) in [5.74, 6) is 0.571. The zero-order chi connectivity index (χ0) is 19.4. The fourth-order valence-corrected chi connectivity index (χ4v) is 2.73. The molecule has 0 saturated carbocycles. The number of nitrogens with zero attached hydrogens (tertiary/aromatic N) is 1. The molecule has 1 amide bonds. The van der Waals surface area contributed by atoms with Gasteiger partial charge in [-0.3, -0.25) is 4.79 Å². The summed E-state index contributed by atoms with van der Waals surface area (Å²) in [5, 5.41) is 3.36. The first-order valence-corrected chi connectivity index (χ1v) is 8.69. The summed E-state index contributed by atoms with van der Waals surface area (Å²) in [4.78, 5) is 16.4. The highest BCUT2D eigenvalue weighted by Gasteiger charge is 2.14. The normalized spacial score (nSPS) is 10.7. The van der Waals surface area contributed by atoms with Gasteiger partial charge in [0.15, 0.2) is 11.7 Å². The fraction of sp³-hybridized carbons (Fsp3) is 0.200. The number of ether oxygens (including phenoxy) is 1. The molecule has 0 spiro atoms. The topological polar surface area (TPSA) is 64.4 Å². The van der Waals surface area contributed by atoms with Crippen LogP contribution in [-0.4, -0.2) is 18.0 Å². The van der Waals surface area contributed by atoms with Gasteiger partial charge in [-0.25, -0.2) is 9.37 Å². The molecule has 1 aromatic heterocycles. The Morgan fingerprint density at radius 3 is 2.85 bits per heavy atom. The van der Waals surface area contributed by atoms with E-state index in [1.807, 2.05) is 6.92 Å². The Morgan fingerprint density at radius 1 is 1.33 bits per heavy atom. The molecule has 0 atom stereocenters. The zero-order valence-corrected chi connectivity index (χ0v) is 15.6. The second-order valence-corrected chi connectivity index (χ2v) is 6.36. The molecule has 1 N–H and O–H groups in total. The van der Waals surface area contributed by atoms with Crippen LogP contribution in [0.1, 0.15) is 17.9 Å². The summed E-state index contributed by atoms with van der Waals surface area (Å²) in [7, 11) is 1.51. The lowest BCUT2D eigenvalue weighted by molar-refractivity contribution is -0.116. The van der Waals surface area contributed by atoms with Gasteiger partial charge in [-0.1, -0.05) is 23.7 Å². The fourth-order valence-electron chi connectivity index (χ4n) is 2.57. The number of oxazole rings is 1. The van der Waals surface area contributed by atoms with Gasteiger partial charge in [0.05, 0.1) is 24.6 Å². The van der Waals surface area contributed by atoms with Gasteiger partial charge >= 0.3 is 0 Å². The first-order chi connectivity index (χ1) is 13.0. The van der Waals surface area contributed by atoms with Crippen LogP contribution in [0.2, 0.25) is 5.02 Å². The van der Waals surface area contributed by atoms with Crippen LogP contribution in [0.3, 0.4) is 0 Å². The van der Waals surface area contributed by atoms with Gasteiger partial charge in [0.1, 0.15) is 11.6 Å². The number of aryl methyl sites for hydroxylation is 2. The number of nitrogens with one attached hydrogen (secondary N) is 1. The summed E-state index contributed by atoms with van der Waals surface area (Å²) in [6.45, 7) is 1.84. The van der Waals surface area contributed by atoms with Crippen molar-refractivity contribution in [3.63, 3.8) is 0 Å². The standard InChI is InChI=1S/C20H18ClFN2O3/c1-12-9-16(17(26-2)10-14(12)21)24-19(25)7-8-20-23-11-18(27-20)13-5-3-4-6-15(13)22/h3-6,9-11H,7-8H2,1-2H3,(H,24,25). The molecule has 140 valence electrons. The van der Waals surface area contributed by atoms with Gasteiger partial charge < -0.3 is 14.5 Å². The van der Waals surface area contributed by atoms with Crippen molar-refractivity contribution in [3.8, 4) is 17.1 Å². The zero-order valence-electron chi connectivity index (χ0n) is 14.9. The Bertz CT molecular complexity index is 972. The maximum absolute atomic E-state index is 13.8. The van der Waals surface area contributed by atoms with E-state index in [9.17, 15) is 9.18 Å². The Labute approximate surface area is 161 Å². The molecule has 0 radical (unpaired) electrons. The molecule has 0 aliphatic rings. The Hall–Kier alpha value is -2.86. The van der Waals surface area contributed by atoms with Crippen molar-refractivity contribution in [2.45, 2.75) is 19.8 Å². The van der Waals surface area contributed by atoms with Crippen LogP contribution in [0, 0.1) is 12.7 Å².